The van der Waals surface area contributed by atoms with Crippen molar-refractivity contribution in [2.75, 3.05) is 0 Å². The molecule has 0 saturated heterocycles. The molecule has 1 aromatic rings. The van der Waals surface area contributed by atoms with Crippen molar-refractivity contribution in [1.29, 1.82) is 0 Å². The van der Waals surface area contributed by atoms with E-state index in [4.69, 9.17) is 4.42 Å². The summed E-state index contributed by atoms with van der Waals surface area (Å²) in [7, 11) is 0. The highest BCUT2D eigenvalue weighted by atomic mass is 16.3. The van der Waals surface area contributed by atoms with Gasteiger partial charge in [-0.25, -0.2) is 0 Å². The van der Waals surface area contributed by atoms with Crippen molar-refractivity contribution in [3.05, 3.63) is 29.2 Å². The summed E-state index contributed by atoms with van der Waals surface area (Å²) in [5.74, 6) is 0.933. The van der Waals surface area contributed by atoms with Crippen LogP contribution in [-0.2, 0) is 6.42 Å². The van der Waals surface area contributed by atoms with Crippen molar-refractivity contribution >= 4 is 6.08 Å². The van der Waals surface area contributed by atoms with Crippen LogP contribution in [-0.4, -0.2) is 11.2 Å². The molecule has 0 unspecified atom stereocenters. The Bertz CT molecular complexity index is 297. The first kappa shape index (κ1) is 6.68. The number of furan rings is 1. The van der Waals surface area contributed by atoms with E-state index >= 15 is 0 Å². The van der Waals surface area contributed by atoms with E-state index in [-0.39, 0.29) is 6.10 Å². The molecule has 1 heterocycles. The Balaban J connectivity index is 2.48. The Hall–Kier alpha value is -1.02. The lowest BCUT2D eigenvalue weighted by atomic mass is 9.99. The van der Waals surface area contributed by atoms with E-state index in [1.165, 1.54) is 0 Å². The summed E-state index contributed by atoms with van der Waals surface area (Å²) in [6.45, 7) is 1.93. The Kier molecular flexibility index (Phi) is 1.36. The number of aliphatic hydroxyl groups excluding tert-OH is 1. The number of hydrogen-bond acceptors (Lipinski definition) is 2. The van der Waals surface area contributed by atoms with Crippen molar-refractivity contribution in [2.45, 2.75) is 19.4 Å². The lowest BCUT2D eigenvalue weighted by Crippen LogP contribution is -2.09. The van der Waals surface area contributed by atoms with Gasteiger partial charge < -0.3 is 9.52 Å². The smallest absolute Gasteiger partial charge is 0.108 e. The molecule has 0 fully saturated rings. The Morgan fingerprint density at radius 2 is 2.45 bits per heavy atom. The minimum Gasteiger partial charge on any atom is -0.469 e. The van der Waals surface area contributed by atoms with Gasteiger partial charge in [0.25, 0.3) is 0 Å². The van der Waals surface area contributed by atoms with Crippen LogP contribution in [0.15, 0.2) is 16.8 Å². The fraction of sp³-hybridized carbons (Fsp3) is 0.333. The van der Waals surface area contributed by atoms with Crippen molar-refractivity contribution < 1.29 is 9.52 Å². The van der Waals surface area contributed by atoms with Crippen LogP contribution < -0.4 is 0 Å². The van der Waals surface area contributed by atoms with Crippen LogP contribution >= 0.6 is 0 Å². The molecule has 1 aliphatic carbocycles. The van der Waals surface area contributed by atoms with Crippen molar-refractivity contribution in [3.63, 3.8) is 0 Å². The Labute approximate surface area is 65.1 Å². The summed E-state index contributed by atoms with van der Waals surface area (Å²) < 4.78 is 5.20. The maximum atomic E-state index is 9.24. The van der Waals surface area contributed by atoms with E-state index in [0.29, 0.717) is 6.42 Å². The maximum absolute atomic E-state index is 9.24. The Morgan fingerprint density at radius 3 is 3.27 bits per heavy atom. The SMILES string of the molecule is Cc1occ2c1C=C[C@@H](O)C2. The van der Waals surface area contributed by atoms with Crippen LogP contribution in [0.2, 0.25) is 0 Å². The molecule has 2 nitrogen and oxygen atoms in total. The number of aryl methyl sites for hydroxylation is 1. The van der Waals surface area contributed by atoms with E-state index in [9.17, 15) is 5.11 Å². The van der Waals surface area contributed by atoms with Gasteiger partial charge in [-0.1, -0.05) is 12.2 Å². The largest absolute Gasteiger partial charge is 0.469 e. The molecule has 1 aliphatic rings. The first-order chi connectivity index (χ1) is 5.27. The molecule has 0 saturated carbocycles. The summed E-state index contributed by atoms with van der Waals surface area (Å²) in [5, 5.41) is 9.24. The molecule has 58 valence electrons. The molecule has 1 atom stereocenters. The van der Waals surface area contributed by atoms with E-state index in [0.717, 1.165) is 16.9 Å². The van der Waals surface area contributed by atoms with Crippen molar-refractivity contribution in [2.24, 2.45) is 0 Å². The predicted molar refractivity (Wildman–Crippen MR) is 42.2 cm³/mol. The molecule has 0 amide bonds. The molecule has 2 rings (SSSR count). The minimum absolute atomic E-state index is 0.334. The Morgan fingerprint density at radius 1 is 1.64 bits per heavy atom. The summed E-state index contributed by atoms with van der Waals surface area (Å²) >= 11 is 0. The van der Waals surface area contributed by atoms with E-state index in [1.807, 2.05) is 13.0 Å². The quantitative estimate of drug-likeness (QED) is 0.608. The predicted octanol–water partition coefficient (Wildman–Crippen LogP) is 1.52. The summed E-state index contributed by atoms with van der Waals surface area (Å²) in [6, 6.07) is 0. The molecule has 0 bridgehead atoms. The van der Waals surface area contributed by atoms with Crippen LogP contribution in [0.25, 0.3) is 6.08 Å². The molecule has 1 N–H and O–H groups in total. The first-order valence-corrected chi connectivity index (χ1v) is 3.70. The first-order valence-electron chi connectivity index (χ1n) is 3.70. The molecule has 1 aromatic heterocycles. The zero-order valence-corrected chi connectivity index (χ0v) is 6.37. The van der Waals surface area contributed by atoms with E-state index in [1.54, 1.807) is 12.3 Å². The highest BCUT2D eigenvalue weighted by Gasteiger charge is 2.14. The van der Waals surface area contributed by atoms with Gasteiger partial charge in [-0.05, 0) is 6.92 Å². The van der Waals surface area contributed by atoms with Gasteiger partial charge in [0.05, 0.1) is 12.4 Å². The number of hydrogen-bond donors (Lipinski definition) is 1. The zero-order chi connectivity index (χ0) is 7.84. The fourth-order valence-electron chi connectivity index (χ4n) is 1.40. The fourth-order valence-corrected chi connectivity index (χ4v) is 1.40. The van der Waals surface area contributed by atoms with E-state index in [2.05, 4.69) is 0 Å². The topological polar surface area (TPSA) is 33.4 Å². The standard InChI is InChI=1S/C9H10O2/c1-6-9-3-2-8(10)4-7(9)5-11-6/h2-3,5,8,10H,4H2,1H3/t8-/m1/s1. The molecule has 0 aromatic carbocycles. The second-order valence-corrected chi connectivity index (χ2v) is 2.86. The molecular weight excluding hydrogens is 140 g/mol. The van der Waals surface area contributed by atoms with Crippen LogP contribution in [0.3, 0.4) is 0 Å². The lowest BCUT2D eigenvalue weighted by molar-refractivity contribution is 0.223. The molecular formula is C9H10O2. The van der Waals surface area contributed by atoms with Gasteiger partial charge in [-0.15, -0.1) is 0 Å². The minimum atomic E-state index is -0.334. The molecule has 0 radical (unpaired) electrons. The van der Waals surface area contributed by atoms with Gasteiger partial charge in [0.2, 0.25) is 0 Å². The summed E-state index contributed by atoms with van der Waals surface area (Å²) in [4.78, 5) is 0. The molecule has 11 heavy (non-hydrogen) atoms. The summed E-state index contributed by atoms with van der Waals surface area (Å²) in [6.07, 6.45) is 5.78. The molecule has 2 heteroatoms. The van der Waals surface area contributed by atoms with Crippen molar-refractivity contribution in [3.8, 4) is 0 Å². The van der Waals surface area contributed by atoms with Gasteiger partial charge in [0, 0.05) is 17.5 Å². The van der Waals surface area contributed by atoms with Crippen molar-refractivity contribution in [1.82, 2.24) is 0 Å². The zero-order valence-electron chi connectivity index (χ0n) is 6.37. The monoisotopic (exact) mass is 150 g/mol. The molecule has 0 spiro atoms. The maximum Gasteiger partial charge on any atom is 0.108 e. The van der Waals surface area contributed by atoms with Crippen LogP contribution in [0.4, 0.5) is 0 Å². The summed E-state index contributed by atoms with van der Waals surface area (Å²) in [5.41, 5.74) is 2.24. The number of rotatable bonds is 0. The average molecular weight is 150 g/mol. The lowest BCUT2D eigenvalue weighted by Gasteiger charge is -2.09. The van der Waals surface area contributed by atoms with Gasteiger partial charge in [0.1, 0.15) is 5.76 Å². The number of fused-ring (bicyclic) bond motifs is 1. The normalized spacial score (nSPS) is 21.8. The van der Waals surface area contributed by atoms with E-state index < -0.39 is 0 Å². The second kappa shape index (κ2) is 2.24. The van der Waals surface area contributed by atoms with Gasteiger partial charge in [-0.2, -0.15) is 0 Å². The van der Waals surface area contributed by atoms with Gasteiger partial charge in [0.15, 0.2) is 0 Å². The average Bonchev–Trinajstić information content (AvgIpc) is 2.32. The second-order valence-electron chi connectivity index (χ2n) is 2.86. The van der Waals surface area contributed by atoms with Gasteiger partial charge in [-0.3, -0.25) is 0 Å². The third-order valence-corrected chi connectivity index (χ3v) is 2.02. The number of aliphatic hydroxyl groups is 1. The van der Waals surface area contributed by atoms with Crippen LogP contribution in [0.1, 0.15) is 16.9 Å². The third kappa shape index (κ3) is 0.994. The third-order valence-electron chi connectivity index (χ3n) is 2.02. The van der Waals surface area contributed by atoms with Gasteiger partial charge >= 0.3 is 0 Å². The van der Waals surface area contributed by atoms with Crippen LogP contribution in [0.5, 0.6) is 0 Å². The highest BCUT2D eigenvalue weighted by Crippen LogP contribution is 2.23. The van der Waals surface area contributed by atoms with Crippen LogP contribution in [0, 0.1) is 6.92 Å². The molecule has 0 aliphatic heterocycles. The highest BCUT2D eigenvalue weighted by molar-refractivity contribution is 5.58.